The van der Waals surface area contributed by atoms with Gasteiger partial charge in [0.05, 0.1) is 4.90 Å². The lowest BCUT2D eigenvalue weighted by Crippen LogP contribution is -2.48. The van der Waals surface area contributed by atoms with Gasteiger partial charge in [-0.25, -0.2) is 8.42 Å². The van der Waals surface area contributed by atoms with E-state index >= 15 is 0 Å². The van der Waals surface area contributed by atoms with E-state index in [1.807, 2.05) is 42.5 Å². The number of benzene rings is 2. The Bertz CT molecular complexity index is 944. The van der Waals surface area contributed by atoms with Crippen LogP contribution in [0, 0.1) is 0 Å². The van der Waals surface area contributed by atoms with Gasteiger partial charge in [0.25, 0.3) is 0 Å². The molecule has 0 radical (unpaired) electrons. The Morgan fingerprint density at radius 2 is 1.61 bits per heavy atom. The number of hydrogen-bond acceptors (Lipinski definition) is 3. The molecule has 0 spiro atoms. The van der Waals surface area contributed by atoms with Gasteiger partial charge in [0.1, 0.15) is 0 Å². The SMILES string of the molecule is O=S(=O)(c1cccc2ccccc12)N1CC(c2ccncc2)C1. The Labute approximate surface area is 135 Å². The average Bonchev–Trinajstić information content (AvgIpc) is 2.53. The van der Waals surface area contributed by atoms with Crippen molar-refractivity contribution in [2.75, 3.05) is 13.1 Å². The van der Waals surface area contributed by atoms with Gasteiger partial charge in [0, 0.05) is 36.8 Å². The second-order valence-electron chi connectivity index (χ2n) is 5.78. The highest BCUT2D eigenvalue weighted by molar-refractivity contribution is 7.89. The average molecular weight is 324 g/mol. The molecule has 0 atom stereocenters. The summed E-state index contributed by atoms with van der Waals surface area (Å²) in [6.45, 7) is 1.05. The molecule has 1 aliphatic heterocycles. The van der Waals surface area contributed by atoms with Crippen molar-refractivity contribution in [3.05, 3.63) is 72.6 Å². The van der Waals surface area contributed by atoms with Crippen LogP contribution in [-0.2, 0) is 10.0 Å². The van der Waals surface area contributed by atoms with Gasteiger partial charge in [-0.2, -0.15) is 4.31 Å². The highest BCUT2D eigenvalue weighted by atomic mass is 32.2. The van der Waals surface area contributed by atoms with Gasteiger partial charge in [-0.3, -0.25) is 4.98 Å². The summed E-state index contributed by atoms with van der Waals surface area (Å²) in [7, 11) is -3.45. The number of pyridine rings is 1. The molecule has 1 aliphatic rings. The minimum absolute atomic E-state index is 0.253. The molecule has 0 unspecified atom stereocenters. The topological polar surface area (TPSA) is 50.3 Å². The molecule has 1 aromatic heterocycles. The van der Waals surface area contributed by atoms with Crippen molar-refractivity contribution < 1.29 is 8.42 Å². The zero-order valence-corrected chi connectivity index (χ0v) is 13.3. The van der Waals surface area contributed by atoms with Gasteiger partial charge in [-0.1, -0.05) is 36.4 Å². The predicted octanol–water partition coefficient (Wildman–Crippen LogP) is 3.02. The molecule has 0 N–H and O–H groups in total. The van der Waals surface area contributed by atoms with Crippen LogP contribution in [0.4, 0.5) is 0 Å². The first-order valence-corrected chi connectivity index (χ1v) is 8.98. The van der Waals surface area contributed by atoms with Gasteiger partial charge in [-0.15, -0.1) is 0 Å². The molecule has 1 saturated heterocycles. The maximum Gasteiger partial charge on any atom is 0.243 e. The molecule has 4 rings (SSSR count). The molecule has 3 aromatic rings. The van der Waals surface area contributed by atoms with Gasteiger partial charge < -0.3 is 0 Å². The van der Waals surface area contributed by atoms with E-state index in [2.05, 4.69) is 4.98 Å². The minimum Gasteiger partial charge on any atom is -0.265 e. The normalized spacial score (nSPS) is 16.3. The Morgan fingerprint density at radius 3 is 2.39 bits per heavy atom. The summed E-state index contributed by atoms with van der Waals surface area (Å²) in [4.78, 5) is 4.40. The molecule has 4 nitrogen and oxygen atoms in total. The first-order chi connectivity index (χ1) is 11.2. The summed E-state index contributed by atoms with van der Waals surface area (Å²) in [5, 5.41) is 1.72. The van der Waals surface area contributed by atoms with Crippen LogP contribution in [0.1, 0.15) is 11.5 Å². The fourth-order valence-electron chi connectivity index (χ4n) is 3.04. The van der Waals surface area contributed by atoms with Crippen molar-refractivity contribution in [1.29, 1.82) is 0 Å². The largest absolute Gasteiger partial charge is 0.265 e. The third-order valence-electron chi connectivity index (χ3n) is 4.39. The monoisotopic (exact) mass is 324 g/mol. The third kappa shape index (κ3) is 2.42. The Balaban J connectivity index is 1.64. The molecule has 116 valence electrons. The van der Waals surface area contributed by atoms with E-state index in [0.717, 1.165) is 16.3 Å². The standard InChI is InChI=1S/C18H16N2O2S/c21-23(22,18-7-3-5-15-4-1-2-6-17(15)18)20-12-16(13-20)14-8-10-19-11-9-14/h1-11,16H,12-13H2. The molecular weight excluding hydrogens is 308 g/mol. The summed E-state index contributed by atoms with van der Waals surface area (Å²) in [6, 6.07) is 16.9. The van der Waals surface area contributed by atoms with E-state index in [9.17, 15) is 8.42 Å². The van der Waals surface area contributed by atoms with Crippen LogP contribution in [0.3, 0.4) is 0 Å². The van der Waals surface area contributed by atoms with E-state index in [1.165, 1.54) is 0 Å². The van der Waals surface area contributed by atoms with Crippen LogP contribution < -0.4 is 0 Å². The lowest BCUT2D eigenvalue weighted by atomic mass is 9.95. The smallest absolute Gasteiger partial charge is 0.243 e. The first-order valence-electron chi connectivity index (χ1n) is 7.54. The highest BCUT2D eigenvalue weighted by Gasteiger charge is 2.37. The summed E-state index contributed by atoms with van der Waals surface area (Å²) >= 11 is 0. The van der Waals surface area contributed by atoms with E-state index in [0.29, 0.717) is 18.0 Å². The van der Waals surface area contributed by atoms with Crippen LogP contribution in [0.25, 0.3) is 10.8 Å². The third-order valence-corrected chi connectivity index (χ3v) is 6.28. The molecule has 2 heterocycles. The summed E-state index contributed by atoms with van der Waals surface area (Å²) in [6.07, 6.45) is 3.49. The quantitative estimate of drug-likeness (QED) is 0.744. The zero-order valence-electron chi connectivity index (χ0n) is 12.5. The van der Waals surface area contributed by atoms with Gasteiger partial charge in [-0.05, 0) is 29.1 Å². The van der Waals surface area contributed by atoms with Crippen molar-refractivity contribution in [2.24, 2.45) is 0 Å². The van der Waals surface area contributed by atoms with E-state index in [-0.39, 0.29) is 5.92 Å². The summed E-state index contributed by atoms with van der Waals surface area (Å²) in [5.41, 5.74) is 1.14. The fourth-order valence-corrected chi connectivity index (χ4v) is 4.79. The summed E-state index contributed by atoms with van der Waals surface area (Å²) in [5.74, 6) is 0.253. The number of nitrogens with zero attached hydrogens (tertiary/aromatic N) is 2. The number of aromatic nitrogens is 1. The molecule has 23 heavy (non-hydrogen) atoms. The molecule has 1 fully saturated rings. The second-order valence-corrected chi connectivity index (χ2v) is 7.68. The molecule has 0 bridgehead atoms. The second kappa shape index (κ2) is 5.44. The molecule has 0 aliphatic carbocycles. The molecule has 2 aromatic carbocycles. The van der Waals surface area contributed by atoms with Crippen LogP contribution in [-0.4, -0.2) is 30.8 Å². The van der Waals surface area contributed by atoms with Gasteiger partial charge in [0.2, 0.25) is 10.0 Å². The molecular formula is C18H16N2O2S. The van der Waals surface area contributed by atoms with Crippen molar-refractivity contribution in [2.45, 2.75) is 10.8 Å². The summed E-state index contributed by atoms with van der Waals surface area (Å²) < 4.78 is 27.4. The van der Waals surface area contributed by atoms with Crippen molar-refractivity contribution in [3.63, 3.8) is 0 Å². The molecule has 5 heteroatoms. The minimum atomic E-state index is -3.45. The Hall–Kier alpha value is -2.24. The fraction of sp³-hybridized carbons (Fsp3) is 0.167. The van der Waals surface area contributed by atoms with Crippen LogP contribution in [0.15, 0.2) is 71.9 Å². The predicted molar refractivity (Wildman–Crippen MR) is 89.7 cm³/mol. The Kier molecular flexibility index (Phi) is 3.39. The van der Waals surface area contributed by atoms with E-state index < -0.39 is 10.0 Å². The van der Waals surface area contributed by atoms with Gasteiger partial charge in [0.15, 0.2) is 0 Å². The molecule has 0 amide bonds. The number of rotatable bonds is 3. The number of fused-ring (bicyclic) bond motifs is 1. The number of hydrogen-bond donors (Lipinski definition) is 0. The van der Waals surface area contributed by atoms with Crippen molar-refractivity contribution in [1.82, 2.24) is 9.29 Å². The maximum absolute atomic E-state index is 12.9. The lowest BCUT2D eigenvalue weighted by Gasteiger charge is -2.38. The molecule has 0 saturated carbocycles. The Morgan fingerprint density at radius 1 is 0.913 bits per heavy atom. The van der Waals surface area contributed by atoms with Crippen LogP contribution in [0.5, 0.6) is 0 Å². The zero-order chi connectivity index (χ0) is 15.9. The van der Waals surface area contributed by atoms with Crippen LogP contribution >= 0.6 is 0 Å². The maximum atomic E-state index is 12.9. The van der Waals surface area contributed by atoms with Crippen molar-refractivity contribution >= 4 is 20.8 Å². The van der Waals surface area contributed by atoms with E-state index in [4.69, 9.17) is 0 Å². The number of sulfonamides is 1. The first kappa shape index (κ1) is 14.4. The van der Waals surface area contributed by atoms with E-state index in [1.54, 1.807) is 28.8 Å². The van der Waals surface area contributed by atoms with Crippen LogP contribution in [0.2, 0.25) is 0 Å². The lowest BCUT2D eigenvalue weighted by molar-refractivity contribution is 0.264. The van der Waals surface area contributed by atoms with Gasteiger partial charge >= 0.3 is 0 Å². The highest BCUT2D eigenvalue weighted by Crippen LogP contribution is 2.34. The van der Waals surface area contributed by atoms with Crippen molar-refractivity contribution in [3.8, 4) is 0 Å².